The van der Waals surface area contributed by atoms with Gasteiger partial charge in [0.25, 0.3) is 0 Å². The van der Waals surface area contributed by atoms with Gasteiger partial charge in [0.1, 0.15) is 0 Å². The quantitative estimate of drug-likeness (QED) is 0.650. The number of hydrogen-bond acceptors (Lipinski definition) is 4. The second-order valence-corrected chi connectivity index (χ2v) is 11.0. The van der Waals surface area contributed by atoms with E-state index in [2.05, 4.69) is 0 Å². The lowest BCUT2D eigenvalue weighted by atomic mass is 9.92. The van der Waals surface area contributed by atoms with Gasteiger partial charge in [0.2, 0.25) is 21.8 Å². The van der Waals surface area contributed by atoms with Crippen LogP contribution in [0.4, 0.5) is 0 Å². The molecule has 0 N–H and O–H groups in total. The molecule has 1 aromatic carbocycles. The summed E-state index contributed by atoms with van der Waals surface area (Å²) in [6.45, 7) is 11.2. The third-order valence-electron chi connectivity index (χ3n) is 7.15. The van der Waals surface area contributed by atoms with Crippen LogP contribution in [-0.2, 0) is 19.6 Å². The summed E-state index contributed by atoms with van der Waals surface area (Å²) in [5.41, 5.74) is 2.02. The topological polar surface area (TPSA) is 78.0 Å². The highest BCUT2D eigenvalue weighted by Crippen LogP contribution is 2.28. The Balaban J connectivity index is 1.54. The fourth-order valence-corrected chi connectivity index (χ4v) is 6.32. The molecule has 2 amide bonds. The van der Waals surface area contributed by atoms with E-state index in [0.717, 1.165) is 24.2 Å². The van der Waals surface area contributed by atoms with Crippen LogP contribution >= 0.6 is 0 Å². The van der Waals surface area contributed by atoms with Crippen molar-refractivity contribution < 1.29 is 18.0 Å². The van der Waals surface area contributed by atoms with Gasteiger partial charge in [-0.25, -0.2) is 8.42 Å². The van der Waals surface area contributed by atoms with Crippen LogP contribution in [0, 0.1) is 25.7 Å². The van der Waals surface area contributed by atoms with Crippen LogP contribution < -0.4 is 0 Å². The molecule has 1 aromatic rings. The van der Waals surface area contributed by atoms with Crippen LogP contribution in [0.5, 0.6) is 0 Å². The summed E-state index contributed by atoms with van der Waals surface area (Å²) in [7, 11) is -3.54. The molecule has 2 aliphatic rings. The minimum atomic E-state index is -3.54. The van der Waals surface area contributed by atoms with E-state index >= 15 is 0 Å². The van der Waals surface area contributed by atoms with E-state index in [9.17, 15) is 18.0 Å². The Morgan fingerprint density at radius 3 is 2.00 bits per heavy atom. The van der Waals surface area contributed by atoms with Gasteiger partial charge < -0.3 is 9.80 Å². The maximum Gasteiger partial charge on any atom is 0.243 e. The molecule has 0 atom stereocenters. The normalized spacial score (nSPS) is 19.2. The van der Waals surface area contributed by atoms with Gasteiger partial charge in [-0.1, -0.05) is 6.07 Å². The Bertz CT molecular complexity index is 927. The third-order valence-corrected chi connectivity index (χ3v) is 9.04. The molecule has 178 valence electrons. The number of benzene rings is 1. The van der Waals surface area contributed by atoms with Crippen LogP contribution in [0.15, 0.2) is 23.1 Å². The number of amides is 2. The Kier molecular flexibility index (Phi) is 7.98. The van der Waals surface area contributed by atoms with Crippen molar-refractivity contribution in [2.45, 2.75) is 58.3 Å². The van der Waals surface area contributed by atoms with Gasteiger partial charge in [0.05, 0.1) is 4.90 Å². The van der Waals surface area contributed by atoms with Crippen molar-refractivity contribution in [1.82, 2.24) is 14.1 Å². The van der Waals surface area contributed by atoms with Gasteiger partial charge in [-0.3, -0.25) is 9.59 Å². The first kappa shape index (κ1) is 24.7. The van der Waals surface area contributed by atoms with Gasteiger partial charge in [-0.05, 0) is 76.6 Å². The zero-order chi connectivity index (χ0) is 23.5. The van der Waals surface area contributed by atoms with E-state index in [-0.39, 0.29) is 23.7 Å². The van der Waals surface area contributed by atoms with Crippen molar-refractivity contribution in [3.63, 3.8) is 0 Å². The van der Waals surface area contributed by atoms with Crippen molar-refractivity contribution in [1.29, 1.82) is 0 Å². The van der Waals surface area contributed by atoms with Gasteiger partial charge in [0.15, 0.2) is 0 Å². The number of sulfonamides is 1. The summed E-state index contributed by atoms with van der Waals surface area (Å²) < 4.78 is 27.6. The standard InChI is InChI=1S/C24H37N3O4S/c1-5-25(6-2)23(28)20-9-13-26(14-10-20)24(29)21-11-15-27(16-12-21)32(30,31)22-8-7-18(3)19(4)17-22/h7-8,17,20-21H,5-6,9-16H2,1-4H3. The first-order valence-electron chi connectivity index (χ1n) is 11.8. The summed E-state index contributed by atoms with van der Waals surface area (Å²) in [5.74, 6) is 0.175. The number of likely N-dealkylation sites (tertiary alicyclic amines) is 1. The number of aryl methyl sites for hydroxylation is 2. The lowest BCUT2D eigenvalue weighted by Crippen LogP contribution is -2.48. The largest absolute Gasteiger partial charge is 0.343 e. The summed E-state index contributed by atoms with van der Waals surface area (Å²) in [6, 6.07) is 5.23. The Hall–Kier alpha value is -1.93. The smallest absolute Gasteiger partial charge is 0.243 e. The van der Waals surface area contributed by atoms with Crippen molar-refractivity contribution in [2.24, 2.45) is 11.8 Å². The summed E-state index contributed by atoms with van der Waals surface area (Å²) in [4.78, 5) is 29.7. The molecule has 2 heterocycles. The van der Waals surface area contributed by atoms with E-state index in [1.165, 1.54) is 4.31 Å². The van der Waals surface area contributed by atoms with Gasteiger partial charge in [-0.2, -0.15) is 4.31 Å². The summed E-state index contributed by atoms with van der Waals surface area (Å²) >= 11 is 0. The fraction of sp³-hybridized carbons (Fsp3) is 0.667. The van der Waals surface area contributed by atoms with Gasteiger partial charge in [-0.15, -0.1) is 0 Å². The van der Waals surface area contributed by atoms with E-state index in [1.54, 1.807) is 12.1 Å². The van der Waals surface area contributed by atoms with E-state index < -0.39 is 10.0 Å². The molecular weight excluding hydrogens is 426 g/mol. The van der Waals surface area contributed by atoms with Gasteiger partial charge in [0, 0.05) is 51.1 Å². The first-order valence-corrected chi connectivity index (χ1v) is 13.3. The van der Waals surface area contributed by atoms with E-state index in [1.807, 2.05) is 43.6 Å². The molecule has 0 radical (unpaired) electrons. The molecule has 0 unspecified atom stereocenters. The monoisotopic (exact) mass is 463 g/mol. The predicted octanol–water partition coefficient (Wildman–Crippen LogP) is 2.81. The van der Waals surface area contributed by atoms with Crippen LogP contribution in [0.1, 0.15) is 50.7 Å². The zero-order valence-electron chi connectivity index (χ0n) is 19.8. The van der Waals surface area contributed by atoms with Gasteiger partial charge >= 0.3 is 0 Å². The first-order chi connectivity index (χ1) is 15.2. The Labute approximate surface area is 192 Å². The number of piperidine rings is 2. The maximum atomic E-state index is 13.0. The molecule has 7 nitrogen and oxygen atoms in total. The Morgan fingerprint density at radius 2 is 1.47 bits per heavy atom. The summed E-state index contributed by atoms with van der Waals surface area (Å²) in [6.07, 6.45) is 2.50. The minimum Gasteiger partial charge on any atom is -0.343 e. The Morgan fingerprint density at radius 1 is 0.906 bits per heavy atom. The number of carbonyl (C=O) groups is 2. The maximum absolute atomic E-state index is 13.0. The van der Waals surface area contributed by atoms with Crippen molar-refractivity contribution >= 4 is 21.8 Å². The average molecular weight is 464 g/mol. The molecule has 2 aliphatic heterocycles. The molecular formula is C24H37N3O4S. The highest BCUT2D eigenvalue weighted by atomic mass is 32.2. The van der Waals surface area contributed by atoms with Crippen LogP contribution in [0.25, 0.3) is 0 Å². The molecule has 0 aromatic heterocycles. The highest BCUT2D eigenvalue weighted by molar-refractivity contribution is 7.89. The predicted molar refractivity (Wildman–Crippen MR) is 125 cm³/mol. The fourth-order valence-electron chi connectivity index (χ4n) is 4.77. The van der Waals surface area contributed by atoms with Crippen LogP contribution in [0.2, 0.25) is 0 Å². The second kappa shape index (κ2) is 10.3. The molecule has 2 fully saturated rings. The number of nitrogens with zero attached hydrogens (tertiary/aromatic N) is 3. The van der Waals surface area contributed by atoms with E-state index in [0.29, 0.717) is 56.8 Å². The molecule has 32 heavy (non-hydrogen) atoms. The second-order valence-electron chi connectivity index (χ2n) is 9.03. The molecule has 0 spiro atoms. The SMILES string of the molecule is CCN(CC)C(=O)C1CCN(C(=O)C2CCN(S(=O)(=O)c3ccc(C)c(C)c3)CC2)CC1. The molecule has 0 bridgehead atoms. The number of carbonyl (C=O) groups excluding carboxylic acids is 2. The molecule has 8 heteroatoms. The van der Waals surface area contributed by atoms with Crippen molar-refractivity contribution in [2.75, 3.05) is 39.3 Å². The third kappa shape index (κ3) is 5.17. The van der Waals surface area contributed by atoms with E-state index in [4.69, 9.17) is 0 Å². The van der Waals surface area contributed by atoms with Crippen LogP contribution in [-0.4, -0.2) is 73.6 Å². The summed E-state index contributed by atoms with van der Waals surface area (Å²) in [5, 5.41) is 0. The number of hydrogen-bond donors (Lipinski definition) is 0. The minimum absolute atomic E-state index is 0.00362. The molecule has 0 aliphatic carbocycles. The van der Waals surface area contributed by atoms with Crippen molar-refractivity contribution in [3.8, 4) is 0 Å². The molecule has 3 rings (SSSR count). The average Bonchev–Trinajstić information content (AvgIpc) is 2.81. The zero-order valence-corrected chi connectivity index (χ0v) is 20.7. The van der Waals surface area contributed by atoms with Crippen molar-refractivity contribution in [3.05, 3.63) is 29.3 Å². The molecule has 0 saturated carbocycles. The molecule has 2 saturated heterocycles. The number of rotatable bonds is 6. The van der Waals surface area contributed by atoms with Crippen LogP contribution in [0.3, 0.4) is 0 Å². The highest BCUT2D eigenvalue weighted by Gasteiger charge is 2.36. The lowest BCUT2D eigenvalue weighted by molar-refractivity contribution is -0.143. The lowest BCUT2D eigenvalue weighted by Gasteiger charge is -2.37.